The van der Waals surface area contributed by atoms with Crippen molar-refractivity contribution in [2.24, 2.45) is 0 Å². The molecular weight excluding hydrogens is 288 g/mol. The molecule has 0 fully saturated rings. The molecule has 134 valence electrons. The molecule has 0 aromatic rings. The number of unbranched alkanes of at least 4 members (excludes halogenated alkanes) is 6. The van der Waals surface area contributed by atoms with Crippen LogP contribution in [-0.4, -0.2) is 82.1 Å². The van der Waals surface area contributed by atoms with E-state index < -0.39 is 0 Å². The zero-order valence-corrected chi connectivity index (χ0v) is 17.6. The summed E-state index contributed by atoms with van der Waals surface area (Å²) in [4.78, 5) is 0. The van der Waals surface area contributed by atoms with Crippen molar-refractivity contribution in [3.63, 3.8) is 0 Å². The normalized spacial score (nSPS) is 13.1. The lowest BCUT2D eigenvalue weighted by molar-refractivity contribution is -0.870. The SMILES string of the molecule is C[S+](CCCCCC[N+](C)(C)C)CCCCCC[N+](C)(C)C. The quantitative estimate of drug-likeness (QED) is 0.258. The van der Waals surface area contributed by atoms with E-state index >= 15 is 0 Å². The molecular formula is C19H45N2S+3. The van der Waals surface area contributed by atoms with Gasteiger partial charge in [-0.3, -0.25) is 0 Å². The van der Waals surface area contributed by atoms with Gasteiger partial charge in [0.2, 0.25) is 0 Å². The summed E-state index contributed by atoms with van der Waals surface area (Å²) in [6.07, 6.45) is 13.9. The van der Waals surface area contributed by atoms with Crippen LogP contribution in [0.2, 0.25) is 0 Å². The Bertz CT molecular complexity index is 227. The summed E-state index contributed by atoms with van der Waals surface area (Å²) in [5.41, 5.74) is 0. The monoisotopic (exact) mass is 333 g/mol. The summed E-state index contributed by atoms with van der Waals surface area (Å²) in [5.74, 6) is 2.95. The summed E-state index contributed by atoms with van der Waals surface area (Å²) >= 11 is 0. The van der Waals surface area contributed by atoms with Gasteiger partial charge in [0.15, 0.2) is 0 Å². The molecule has 0 N–H and O–H groups in total. The lowest BCUT2D eigenvalue weighted by atomic mass is 10.2. The Hall–Kier alpha value is 0.270. The maximum Gasteiger partial charge on any atom is 0.107 e. The van der Waals surface area contributed by atoms with Crippen molar-refractivity contribution < 1.29 is 8.97 Å². The highest BCUT2D eigenvalue weighted by Crippen LogP contribution is 2.09. The highest BCUT2D eigenvalue weighted by atomic mass is 32.2. The van der Waals surface area contributed by atoms with Gasteiger partial charge in [0, 0.05) is 0 Å². The molecule has 3 heteroatoms. The molecule has 0 atom stereocenters. The lowest BCUT2D eigenvalue weighted by Gasteiger charge is -2.23. The standard InChI is InChI=1S/C19H45N2S/c1-20(2,3)16-12-8-10-14-18-22(7)19-15-11-9-13-17-21(4,5)6/h8-19H2,1-7H3/q+3. The Labute approximate surface area is 144 Å². The zero-order chi connectivity index (χ0) is 17.1. The van der Waals surface area contributed by atoms with Crippen molar-refractivity contribution in [1.82, 2.24) is 0 Å². The van der Waals surface area contributed by atoms with E-state index in [0.717, 1.165) is 8.97 Å². The summed E-state index contributed by atoms with van der Waals surface area (Å²) < 4.78 is 2.23. The van der Waals surface area contributed by atoms with Gasteiger partial charge in [-0.05, 0) is 62.3 Å². The molecule has 0 saturated heterocycles. The molecule has 0 aliphatic heterocycles. The van der Waals surface area contributed by atoms with Crippen LogP contribution in [0.25, 0.3) is 0 Å². The van der Waals surface area contributed by atoms with Crippen LogP contribution >= 0.6 is 0 Å². The third kappa shape index (κ3) is 18.3. The fourth-order valence-electron chi connectivity index (χ4n) is 2.68. The maximum atomic E-state index is 2.48. The first-order valence-corrected chi connectivity index (χ1v) is 11.3. The topological polar surface area (TPSA) is 0 Å². The van der Waals surface area contributed by atoms with Gasteiger partial charge < -0.3 is 8.97 Å². The van der Waals surface area contributed by atoms with Crippen molar-refractivity contribution in [3.05, 3.63) is 0 Å². The van der Waals surface area contributed by atoms with E-state index in [1.165, 1.54) is 76.0 Å². The molecule has 0 amide bonds. The first kappa shape index (κ1) is 22.3. The minimum absolute atomic E-state index is 0.677. The Morgan fingerprint density at radius 2 is 0.818 bits per heavy atom. The van der Waals surface area contributed by atoms with Crippen molar-refractivity contribution in [3.8, 4) is 0 Å². The predicted molar refractivity (Wildman–Crippen MR) is 106 cm³/mol. The number of rotatable bonds is 14. The number of quaternary nitrogens is 2. The van der Waals surface area contributed by atoms with Crippen LogP contribution in [0.3, 0.4) is 0 Å². The number of nitrogens with zero attached hydrogens (tertiary/aromatic N) is 2. The van der Waals surface area contributed by atoms with Crippen LogP contribution in [0.15, 0.2) is 0 Å². The Morgan fingerprint density at radius 3 is 1.14 bits per heavy atom. The predicted octanol–water partition coefficient (Wildman–Crippen LogP) is 3.77. The smallest absolute Gasteiger partial charge is 0.107 e. The molecule has 0 spiro atoms. The average molecular weight is 334 g/mol. The lowest BCUT2D eigenvalue weighted by Crippen LogP contribution is -2.35. The van der Waals surface area contributed by atoms with Gasteiger partial charge in [-0.25, -0.2) is 0 Å². The van der Waals surface area contributed by atoms with Crippen LogP contribution in [0.4, 0.5) is 0 Å². The fourth-order valence-corrected chi connectivity index (χ4v) is 4.28. The second-order valence-corrected chi connectivity index (χ2v) is 11.4. The van der Waals surface area contributed by atoms with Gasteiger partial charge >= 0.3 is 0 Å². The van der Waals surface area contributed by atoms with Crippen molar-refractivity contribution in [2.75, 3.05) is 73.1 Å². The molecule has 2 nitrogen and oxygen atoms in total. The van der Waals surface area contributed by atoms with E-state index in [0.29, 0.717) is 10.9 Å². The molecule has 0 aromatic heterocycles. The van der Waals surface area contributed by atoms with Crippen LogP contribution in [0.1, 0.15) is 51.4 Å². The first-order chi connectivity index (χ1) is 10.1. The van der Waals surface area contributed by atoms with Crippen molar-refractivity contribution in [2.45, 2.75) is 51.4 Å². The molecule has 0 rings (SSSR count). The van der Waals surface area contributed by atoms with E-state index in [1.807, 2.05) is 0 Å². The molecule has 0 bridgehead atoms. The van der Waals surface area contributed by atoms with Gasteiger partial charge in [-0.15, -0.1) is 0 Å². The minimum atomic E-state index is 0.677. The van der Waals surface area contributed by atoms with Crippen molar-refractivity contribution >= 4 is 10.9 Å². The third-order valence-electron chi connectivity index (χ3n) is 4.14. The van der Waals surface area contributed by atoms with Crippen LogP contribution in [0.5, 0.6) is 0 Å². The summed E-state index contributed by atoms with van der Waals surface area (Å²) in [7, 11) is 14.5. The van der Waals surface area contributed by atoms with E-state index in [-0.39, 0.29) is 0 Å². The Balaban J connectivity index is 3.31. The van der Waals surface area contributed by atoms with Crippen LogP contribution in [-0.2, 0) is 10.9 Å². The van der Waals surface area contributed by atoms with Crippen LogP contribution in [0, 0.1) is 0 Å². The van der Waals surface area contributed by atoms with E-state index in [2.05, 4.69) is 48.5 Å². The highest BCUT2D eigenvalue weighted by molar-refractivity contribution is 7.96. The van der Waals surface area contributed by atoms with E-state index in [9.17, 15) is 0 Å². The highest BCUT2D eigenvalue weighted by Gasteiger charge is 2.11. The van der Waals surface area contributed by atoms with Gasteiger partial charge in [0.1, 0.15) is 11.5 Å². The van der Waals surface area contributed by atoms with Gasteiger partial charge in [0.25, 0.3) is 0 Å². The average Bonchev–Trinajstić information content (AvgIpc) is 2.35. The number of hydrogen-bond donors (Lipinski definition) is 0. The molecule has 0 heterocycles. The molecule has 0 aliphatic carbocycles. The van der Waals surface area contributed by atoms with Crippen molar-refractivity contribution in [1.29, 1.82) is 0 Å². The third-order valence-corrected chi connectivity index (χ3v) is 6.11. The summed E-state index contributed by atoms with van der Waals surface area (Å²) in [5, 5.41) is 0. The Morgan fingerprint density at radius 1 is 0.500 bits per heavy atom. The van der Waals surface area contributed by atoms with E-state index in [4.69, 9.17) is 0 Å². The molecule has 0 saturated carbocycles. The molecule has 22 heavy (non-hydrogen) atoms. The first-order valence-electron chi connectivity index (χ1n) is 9.30. The Kier molecular flexibility index (Phi) is 11.9. The fraction of sp³-hybridized carbons (Fsp3) is 1.00. The molecule has 0 radical (unpaired) electrons. The number of hydrogen-bond acceptors (Lipinski definition) is 0. The molecule has 0 unspecified atom stereocenters. The molecule has 0 aromatic carbocycles. The maximum absolute atomic E-state index is 2.48. The van der Waals surface area contributed by atoms with Gasteiger partial charge in [-0.1, -0.05) is 0 Å². The van der Waals surface area contributed by atoms with Gasteiger partial charge in [0.05, 0.1) is 61.6 Å². The van der Waals surface area contributed by atoms with E-state index in [1.54, 1.807) is 0 Å². The molecule has 0 aliphatic rings. The summed E-state index contributed by atoms with van der Waals surface area (Å²) in [6, 6.07) is 0. The zero-order valence-electron chi connectivity index (χ0n) is 16.8. The van der Waals surface area contributed by atoms with Gasteiger partial charge in [-0.2, -0.15) is 0 Å². The summed E-state index contributed by atoms with van der Waals surface area (Å²) in [6.45, 7) is 2.65. The second-order valence-electron chi connectivity index (χ2n) is 9.05. The largest absolute Gasteiger partial charge is 0.331 e. The minimum Gasteiger partial charge on any atom is -0.331 e. The second kappa shape index (κ2) is 11.8. The van der Waals surface area contributed by atoms with Crippen LogP contribution < -0.4 is 0 Å².